The van der Waals surface area contributed by atoms with Gasteiger partial charge in [0.2, 0.25) is 10.0 Å². The highest BCUT2D eigenvalue weighted by atomic mass is 35.5. The average Bonchev–Trinajstić information content (AvgIpc) is 3.26. The van der Waals surface area contributed by atoms with Crippen molar-refractivity contribution in [3.63, 3.8) is 0 Å². The van der Waals surface area contributed by atoms with Crippen LogP contribution in [-0.4, -0.2) is 44.0 Å². The number of thiocarbonyl (C=S) groups is 1. The summed E-state index contributed by atoms with van der Waals surface area (Å²) in [5.41, 5.74) is 2.01. The molecule has 2 aromatic carbocycles. The number of halogens is 2. The Kier molecular flexibility index (Phi) is 7.74. The maximum Gasteiger partial charge on any atom is 0.243 e. The fourth-order valence-corrected chi connectivity index (χ4v) is 5.47. The van der Waals surface area contributed by atoms with E-state index in [1.807, 2.05) is 19.9 Å². The van der Waals surface area contributed by atoms with Crippen molar-refractivity contribution in [2.75, 3.05) is 41.7 Å². The highest BCUT2D eigenvalue weighted by Gasteiger charge is 2.24. The summed E-state index contributed by atoms with van der Waals surface area (Å²) in [7, 11) is -3.62. The van der Waals surface area contributed by atoms with Crippen LogP contribution in [0.3, 0.4) is 0 Å². The van der Waals surface area contributed by atoms with Crippen LogP contribution in [-0.2, 0) is 10.0 Å². The second-order valence-corrected chi connectivity index (χ2v) is 9.92. The molecule has 168 valence electrons. The molecule has 0 spiro atoms. The molecule has 0 atom stereocenters. The Bertz CT molecular complexity index is 1060. The third kappa shape index (κ3) is 5.46. The standard InChI is InChI=1S/C21H26ClFN4O2S2/c1-3-27(4-2)31(28,29)16-8-10-20(26-11-5-6-12-26)19(14-16)25-21(30)24-15-7-9-18(23)17(22)13-15/h7-10,13-14H,3-6,11-12H2,1-2H3,(H2,24,25,30). The normalized spacial score (nSPS) is 14.2. The highest BCUT2D eigenvalue weighted by molar-refractivity contribution is 7.89. The molecule has 31 heavy (non-hydrogen) atoms. The number of nitrogens with zero attached hydrogens (tertiary/aromatic N) is 2. The summed E-state index contributed by atoms with van der Waals surface area (Å²) in [5, 5.41) is 6.32. The van der Waals surface area contributed by atoms with Gasteiger partial charge in [0.25, 0.3) is 0 Å². The van der Waals surface area contributed by atoms with Crippen molar-refractivity contribution in [3.05, 3.63) is 47.2 Å². The lowest BCUT2D eigenvalue weighted by Crippen LogP contribution is -2.31. The molecule has 6 nitrogen and oxygen atoms in total. The third-order valence-electron chi connectivity index (χ3n) is 5.18. The summed E-state index contributed by atoms with van der Waals surface area (Å²) < 4.78 is 40.9. The van der Waals surface area contributed by atoms with Crippen LogP contribution in [0.2, 0.25) is 5.02 Å². The predicted octanol–water partition coefficient (Wildman–Crippen LogP) is 4.92. The van der Waals surface area contributed by atoms with E-state index in [1.165, 1.54) is 22.5 Å². The van der Waals surface area contributed by atoms with Gasteiger partial charge in [-0.25, -0.2) is 12.8 Å². The van der Waals surface area contributed by atoms with Gasteiger partial charge in [0.15, 0.2) is 5.11 Å². The number of sulfonamides is 1. The summed E-state index contributed by atoms with van der Waals surface area (Å²) in [6.45, 7) is 6.19. The van der Waals surface area contributed by atoms with E-state index in [0.29, 0.717) is 24.5 Å². The topological polar surface area (TPSA) is 64.7 Å². The summed E-state index contributed by atoms with van der Waals surface area (Å²) >= 11 is 11.3. The first-order valence-corrected chi connectivity index (χ1v) is 12.4. The molecule has 1 aliphatic rings. The molecule has 10 heteroatoms. The summed E-state index contributed by atoms with van der Waals surface area (Å²) in [6, 6.07) is 9.29. The van der Waals surface area contributed by atoms with Gasteiger partial charge in [-0.1, -0.05) is 25.4 Å². The van der Waals surface area contributed by atoms with E-state index in [0.717, 1.165) is 31.6 Å². The lowest BCUT2D eigenvalue weighted by Gasteiger charge is -2.24. The quantitative estimate of drug-likeness (QED) is 0.544. The maximum atomic E-state index is 13.4. The Morgan fingerprint density at radius 3 is 2.42 bits per heavy atom. The Hall–Kier alpha value is -1.94. The van der Waals surface area contributed by atoms with E-state index in [2.05, 4.69) is 15.5 Å². The van der Waals surface area contributed by atoms with Gasteiger partial charge in [0, 0.05) is 31.9 Å². The van der Waals surface area contributed by atoms with Crippen molar-refractivity contribution in [2.24, 2.45) is 0 Å². The highest BCUT2D eigenvalue weighted by Crippen LogP contribution is 2.32. The molecule has 1 aliphatic heterocycles. The molecule has 0 radical (unpaired) electrons. The fraction of sp³-hybridized carbons (Fsp3) is 0.381. The number of hydrogen-bond donors (Lipinski definition) is 2. The average molecular weight is 485 g/mol. The zero-order valence-electron chi connectivity index (χ0n) is 17.5. The van der Waals surface area contributed by atoms with E-state index in [-0.39, 0.29) is 15.0 Å². The Morgan fingerprint density at radius 1 is 1.13 bits per heavy atom. The van der Waals surface area contributed by atoms with E-state index >= 15 is 0 Å². The van der Waals surface area contributed by atoms with Gasteiger partial charge in [-0.15, -0.1) is 0 Å². The molecule has 2 aromatic rings. The van der Waals surface area contributed by atoms with E-state index in [9.17, 15) is 12.8 Å². The van der Waals surface area contributed by atoms with Gasteiger partial charge in [0.1, 0.15) is 5.82 Å². The van der Waals surface area contributed by atoms with E-state index in [1.54, 1.807) is 12.1 Å². The fourth-order valence-electron chi connectivity index (χ4n) is 3.58. The molecule has 1 heterocycles. The number of hydrogen-bond acceptors (Lipinski definition) is 4. The second kappa shape index (κ2) is 10.1. The van der Waals surface area contributed by atoms with Crippen molar-refractivity contribution in [2.45, 2.75) is 31.6 Å². The van der Waals surface area contributed by atoms with Crippen LogP contribution in [0.15, 0.2) is 41.3 Å². The molecular formula is C21H26ClFN4O2S2. The summed E-state index contributed by atoms with van der Waals surface area (Å²) in [4.78, 5) is 2.40. The molecule has 2 N–H and O–H groups in total. The van der Waals surface area contributed by atoms with Crippen molar-refractivity contribution in [1.82, 2.24) is 4.31 Å². The smallest absolute Gasteiger partial charge is 0.243 e. The van der Waals surface area contributed by atoms with Crippen LogP contribution < -0.4 is 15.5 Å². The van der Waals surface area contributed by atoms with Crippen molar-refractivity contribution >= 4 is 56.0 Å². The van der Waals surface area contributed by atoms with Gasteiger partial charge >= 0.3 is 0 Å². The third-order valence-corrected chi connectivity index (χ3v) is 7.72. The van der Waals surface area contributed by atoms with Crippen LogP contribution in [0, 0.1) is 5.82 Å². The molecule has 0 bridgehead atoms. The van der Waals surface area contributed by atoms with Crippen LogP contribution in [0.1, 0.15) is 26.7 Å². The van der Waals surface area contributed by atoms with Crippen LogP contribution >= 0.6 is 23.8 Å². The van der Waals surface area contributed by atoms with Gasteiger partial charge in [-0.05, 0) is 61.5 Å². The van der Waals surface area contributed by atoms with Gasteiger partial charge in [0.05, 0.1) is 21.3 Å². The Balaban J connectivity index is 1.91. The molecule has 1 saturated heterocycles. The van der Waals surface area contributed by atoms with Crippen molar-refractivity contribution in [3.8, 4) is 0 Å². The van der Waals surface area contributed by atoms with E-state index in [4.69, 9.17) is 23.8 Å². The first-order chi connectivity index (χ1) is 14.8. The first-order valence-electron chi connectivity index (χ1n) is 10.2. The van der Waals surface area contributed by atoms with Crippen LogP contribution in [0.25, 0.3) is 0 Å². The van der Waals surface area contributed by atoms with Crippen LogP contribution in [0.4, 0.5) is 21.5 Å². The molecule has 0 unspecified atom stereocenters. The van der Waals surface area contributed by atoms with Gasteiger partial charge in [-0.3, -0.25) is 0 Å². The van der Waals surface area contributed by atoms with Crippen LogP contribution in [0.5, 0.6) is 0 Å². The minimum absolute atomic E-state index is 0.0159. The van der Waals surface area contributed by atoms with Gasteiger partial charge in [-0.2, -0.15) is 4.31 Å². The minimum atomic E-state index is -3.62. The number of rotatable bonds is 7. The first kappa shape index (κ1) is 23.7. The Labute approximate surface area is 193 Å². The number of nitrogens with one attached hydrogen (secondary N) is 2. The predicted molar refractivity (Wildman–Crippen MR) is 129 cm³/mol. The minimum Gasteiger partial charge on any atom is -0.370 e. The summed E-state index contributed by atoms with van der Waals surface area (Å²) in [5.74, 6) is -0.517. The zero-order chi connectivity index (χ0) is 22.6. The lowest BCUT2D eigenvalue weighted by atomic mass is 10.2. The number of benzene rings is 2. The lowest BCUT2D eigenvalue weighted by molar-refractivity contribution is 0.445. The maximum absolute atomic E-state index is 13.4. The largest absolute Gasteiger partial charge is 0.370 e. The van der Waals surface area contributed by atoms with Gasteiger partial charge < -0.3 is 15.5 Å². The van der Waals surface area contributed by atoms with Crippen molar-refractivity contribution < 1.29 is 12.8 Å². The second-order valence-electron chi connectivity index (χ2n) is 7.17. The van der Waals surface area contributed by atoms with E-state index < -0.39 is 15.8 Å². The molecule has 0 aliphatic carbocycles. The SMILES string of the molecule is CCN(CC)S(=O)(=O)c1ccc(N2CCCC2)c(NC(=S)Nc2ccc(F)c(Cl)c2)c1. The number of anilines is 3. The summed E-state index contributed by atoms with van der Waals surface area (Å²) in [6.07, 6.45) is 2.16. The molecule has 0 aromatic heterocycles. The molecule has 3 rings (SSSR count). The zero-order valence-corrected chi connectivity index (χ0v) is 19.9. The molecule has 0 amide bonds. The Morgan fingerprint density at radius 2 is 1.81 bits per heavy atom. The molecule has 0 saturated carbocycles. The molecular weight excluding hydrogens is 459 g/mol. The van der Waals surface area contributed by atoms with Crippen molar-refractivity contribution in [1.29, 1.82) is 0 Å². The molecule has 1 fully saturated rings. The monoisotopic (exact) mass is 484 g/mol.